The average molecular weight is 431 g/mol. The zero-order valence-electron chi connectivity index (χ0n) is 15.4. The van der Waals surface area contributed by atoms with Crippen molar-refractivity contribution in [1.82, 2.24) is 4.72 Å². The SMILES string of the molecule is C=CCNS(=O)(=O)Cc1ccc(NC(=O)c2ccc(-c3ccc(F)cc3)s2)cc1. The Morgan fingerprint density at radius 3 is 2.38 bits per heavy atom. The molecule has 0 atom stereocenters. The number of anilines is 1. The van der Waals surface area contributed by atoms with E-state index in [4.69, 9.17) is 0 Å². The molecule has 0 aliphatic heterocycles. The molecule has 2 N–H and O–H groups in total. The smallest absolute Gasteiger partial charge is 0.265 e. The molecule has 0 spiro atoms. The van der Waals surface area contributed by atoms with Gasteiger partial charge >= 0.3 is 0 Å². The first-order valence-electron chi connectivity index (χ1n) is 8.70. The Balaban J connectivity index is 1.64. The number of benzene rings is 2. The lowest BCUT2D eigenvalue weighted by Crippen LogP contribution is -2.25. The molecule has 0 saturated carbocycles. The Labute approximate surface area is 173 Å². The van der Waals surface area contributed by atoms with Crippen molar-refractivity contribution < 1.29 is 17.6 Å². The fourth-order valence-electron chi connectivity index (χ4n) is 2.56. The van der Waals surface area contributed by atoms with Gasteiger partial charge in [0.2, 0.25) is 10.0 Å². The second kappa shape index (κ2) is 9.13. The van der Waals surface area contributed by atoms with Crippen LogP contribution in [0.25, 0.3) is 10.4 Å². The number of nitrogens with one attached hydrogen (secondary N) is 2. The Morgan fingerprint density at radius 1 is 1.03 bits per heavy atom. The number of rotatable bonds is 8. The Kier molecular flexibility index (Phi) is 6.58. The second-order valence-electron chi connectivity index (χ2n) is 6.22. The predicted octanol–water partition coefficient (Wildman–Crippen LogP) is 4.41. The molecule has 0 unspecified atom stereocenters. The van der Waals surface area contributed by atoms with E-state index in [-0.39, 0.29) is 24.0 Å². The van der Waals surface area contributed by atoms with Crippen molar-refractivity contribution in [3.8, 4) is 10.4 Å². The molecular weight excluding hydrogens is 411 g/mol. The van der Waals surface area contributed by atoms with Crippen molar-refractivity contribution in [3.05, 3.63) is 89.6 Å². The molecule has 2 aromatic carbocycles. The molecule has 0 fully saturated rings. The number of thiophene rings is 1. The number of hydrogen-bond acceptors (Lipinski definition) is 4. The summed E-state index contributed by atoms with van der Waals surface area (Å²) in [6.07, 6.45) is 1.47. The van der Waals surface area contributed by atoms with Crippen LogP contribution >= 0.6 is 11.3 Å². The largest absolute Gasteiger partial charge is 0.321 e. The molecule has 8 heteroatoms. The van der Waals surface area contributed by atoms with Crippen LogP contribution in [-0.2, 0) is 15.8 Å². The molecule has 150 valence electrons. The maximum atomic E-state index is 13.1. The van der Waals surface area contributed by atoms with Gasteiger partial charge in [-0.25, -0.2) is 17.5 Å². The fourth-order valence-corrected chi connectivity index (χ4v) is 4.57. The van der Waals surface area contributed by atoms with Crippen molar-refractivity contribution in [2.24, 2.45) is 0 Å². The van der Waals surface area contributed by atoms with Crippen LogP contribution in [0, 0.1) is 5.82 Å². The van der Waals surface area contributed by atoms with Crippen LogP contribution in [0.1, 0.15) is 15.2 Å². The van der Waals surface area contributed by atoms with Gasteiger partial charge in [-0.15, -0.1) is 17.9 Å². The van der Waals surface area contributed by atoms with Crippen LogP contribution in [0.3, 0.4) is 0 Å². The van der Waals surface area contributed by atoms with E-state index in [9.17, 15) is 17.6 Å². The molecule has 5 nitrogen and oxygen atoms in total. The van der Waals surface area contributed by atoms with E-state index in [1.807, 2.05) is 6.07 Å². The van der Waals surface area contributed by atoms with Gasteiger partial charge in [0, 0.05) is 17.1 Å². The van der Waals surface area contributed by atoms with Crippen LogP contribution < -0.4 is 10.0 Å². The minimum Gasteiger partial charge on any atom is -0.321 e. The topological polar surface area (TPSA) is 75.3 Å². The monoisotopic (exact) mass is 430 g/mol. The summed E-state index contributed by atoms with van der Waals surface area (Å²) < 4.78 is 39.3. The molecular formula is C21H19FN2O3S2. The normalized spacial score (nSPS) is 11.2. The van der Waals surface area contributed by atoms with E-state index < -0.39 is 10.0 Å². The molecule has 0 saturated heterocycles. The van der Waals surface area contributed by atoms with Gasteiger partial charge in [-0.05, 0) is 47.5 Å². The minimum absolute atomic E-state index is 0.152. The third-order valence-electron chi connectivity index (χ3n) is 3.97. The summed E-state index contributed by atoms with van der Waals surface area (Å²) in [4.78, 5) is 13.9. The highest BCUT2D eigenvalue weighted by molar-refractivity contribution is 7.88. The Bertz CT molecular complexity index is 1110. The summed E-state index contributed by atoms with van der Waals surface area (Å²) in [5, 5.41) is 2.79. The molecule has 0 aliphatic rings. The number of carbonyl (C=O) groups excluding carboxylic acids is 1. The second-order valence-corrected chi connectivity index (χ2v) is 9.11. The molecule has 0 radical (unpaired) electrons. The lowest BCUT2D eigenvalue weighted by molar-refractivity contribution is 0.103. The molecule has 1 amide bonds. The van der Waals surface area contributed by atoms with E-state index in [1.54, 1.807) is 42.5 Å². The maximum absolute atomic E-state index is 13.1. The van der Waals surface area contributed by atoms with Crippen LogP contribution in [-0.4, -0.2) is 20.9 Å². The molecule has 0 bridgehead atoms. The number of hydrogen-bond donors (Lipinski definition) is 2. The Hall–Kier alpha value is -2.81. The zero-order valence-corrected chi connectivity index (χ0v) is 17.0. The highest BCUT2D eigenvalue weighted by Crippen LogP contribution is 2.28. The molecule has 1 heterocycles. The van der Waals surface area contributed by atoms with Crippen LogP contribution in [0.4, 0.5) is 10.1 Å². The first kappa shape index (κ1) is 20.9. The van der Waals surface area contributed by atoms with Gasteiger partial charge in [-0.3, -0.25) is 4.79 Å². The molecule has 3 rings (SSSR count). The first-order valence-corrected chi connectivity index (χ1v) is 11.2. The van der Waals surface area contributed by atoms with Gasteiger partial charge in [-0.2, -0.15) is 0 Å². The first-order chi connectivity index (χ1) is 13.9. The van der Waals surface area contributed by atoms with Gasteiger partial charge < -0.3 is 5.32 Å². The van der Waals surface area contributed by atoms with Crippen molar-refractivity contribution in [2.75, 3.05) is 11.9 Å². The van der Waals surface area contributed by atoms with Gasteiger partial charge in [0.1, 0.15) is 5.82 Å². The van der Waals surface area contributed by atoms with Gasteiger partial charge in [0.05, 0.1) is 10.6 Å². The van der Waals surface area contributed by atoms with Crippen molar-refractivity contribution in [1.29, 1.82) is 0 Å². The molecule has 3 aromatic rings. The van der Waals surface area contributed by atoms with E-state index in [0.717, 1.165) is 10.4 Å². The molecule has 0 aliphatic carbocycles. The average Bonchev–Trinajstić information content (AvgIpc) is 3.19. The van der Waals surface area contributed by atoms with Gasteiger partial charge in [-0.1, -0.05) is 30.3 Å². The van der Waals surface area contributed by atoms with Crippen molar-refractivity contribution >= 4 is 33.0 Å². The molecule has 29 heavy (non-hydrogen) atoms. The van der Waals surface area contributed by atoms with Gasteiger partial charge in [0.15, 0.2) is 0 Å². The third-order valence-corrected chi connectivity index (χ3v) is 6.43. The van der Waals surface area contributed by atoms with E-state index in [0.29, 0.717) is 16.1 Å². The van der Waals surface area contributed by atoms with Crippen LogP contribution in [0.2, 0.25) is 0 Å². The maximum Gasteiger partial charge on any atom is 0.265 e. The highest BCUT2D eigenvalue weighted by Gasteiger charge is 2.12. The number of halogens is 1. The quantitative estimate of drug-likeness (QED) is 0.520. The zero-order chi connectivity index (χ0) is 20.9. The van der Waals surface area contributed by atoms with E-state index >= 15 is 0 Å². The fraction of sp³-hybridized carbons (Fsp3) is 0.0952. The minimum atomic E-state index is -3.43. The van der Waals surface area contributed by atoms with Crippen molar-refractivity contribution in [3.63, 3.8) is 0 Å². The lowest BCUT2D eigenvalue weighted by atomic mass is 10.2. The van der Waals surface area contributed by atoms with Crippen molar-refractivity contribution in [2.45, 2.75) is 5.75 Å². The summed E-state index contributed by atoms with van der Waals surface area (Å²) in [5.74, 6) is -0.728. The number of sulfonamides is 1. The van der Waals surface area contributed by atoms with Crippen LogP contribution in [0.5, 0.6) is 0 Å². The summed E-state index contributed by atoms with van der Waals surface area (Å²) in [6, 6.07) is 16.2. The van der Waals surface area contributed by atoms with Gasteiger partial charge in [0.25, 0.3) is 5.91 Å². The Morgan fingerprint density at radius 2 is 1.72 bits per heavy atom. The van der Waals surface area contributed by atoms with E-state index in [2.05, 4.69) is 16.6 Å². The summed E-state index contributed by atoms with van der Waals surface area (Å²) >= 11 is 1.31. The summed E-state index contributed by atoms with van der Waals surface area (Å²) in [5.41, 5.74) is 2.01. The molecule has 1 aromatic heterocycles. The van der Waals surface area contributed by atoms with Crippen LogP contribution in [0.15, 0.2) is 73.3 Å². The number of amides is 1. The summed E-state index contributed by atoms with van der Waals surface area (Å²) in [7, 11) is -3.43. The third kappa shape index (κ3) is 5.83. The predicted molar refractivity (Wildman–Crippen MR) is 115 cm³/mol. The number of carbonyl (C=O) groups is 1. The van der Waals surface area contributed by atoms with E-state index in [1.165, 1.54) is 29.5 Å². The standard InChI is InChI=1S/C21H19FN2O3S2/c1-2-13-23-29(26,27)14-15-3-9-18(10-4-15)24-21(25)20-12-11-19(28-20)16-5-7-17(22)8-6-16/h2-12,23H,1,13-14H2,(H,24,25). The lowest BCUT2D eigenvalue weighted by Gasteiger charge is -2.07. The highest BCUT2D eigenvalue weighted by atomic mass is 32.2. The summed E-state index contributed by atoms with van der Waals surface area (Å²) in [6.45, 7) is 3.65.